The van der Waals surface area contributed by atoms with Gasteiger partial charge in [0, 0.05) is 24.8 Å². The van der Waals surface area contributed by atoms with Crippen LogP contribution in [0.4, 0.5) is 8.78 Å². The summed E-state index contributed by atoms with van der Waals surface area (Å²) in [6.45, 7) is 1.82. The van der Waals surface area contributed by atoms with Gasteiger partial charge in [0.05, 0.1) is 18.2 Å². The zero-order valence-corrected chi connectivity index (χ0v) is 10.2. The van der Waals surface area contributed by atoms with Crippen LogP contribution in [0, 0.1) is 0 Å². The van der Waals surface area contributed by atoms with Crippen molar-refractivity contribution in [3.05, 3.63) is 28.5 Å². The summed E-state index contributed by atoms with van der Waals surface area (Å²) in [6, 6.07) is 1.08. The zero-order chi connectivity index (χ0) is 13.1. The Bertz CT molecular complexity index is 451. The molecule has 0 unspecified atom stereocenters. The molecule has 1 fully saturated rings. The Kier molecular flexibility index (Phi) is 4.08. The molecule has 2 heterocycles. The number of pyridine rings is 1. The van der Waals surface area contributed by atoms with Gasteiger partial charge < -0.3 is 9.64 Å². The third kappa shape index (κ3) is 2.76. The highest BCUT2D eigenvalue weighted by molar-refractivity contribution is 6.33. The fraction of sp³-hybridized carbons (Fsp3) is 0.455. The topological polar surface area (TPSA) is 42.4 Å². The van der Waals surface area contributed by atoms with E-state index < -0.39 is 6.43 Å². The number of hydrogen-bond acceptors (Lipinski definition) is 3. The van der Waals surface area contributed by atoms with Crippen LogP contribution in [0.5, 0.6) is 0 Å². The van der Waals surface area contributed by atoms with Crippen molar-refractivity contribution in [3.8, 4) is 0 Å². The Morgan fingerprint density at radius 2 is 2.11 bits per heavy atom. The van der Waals surface area contributed by atoms with Gasteiger partial charge in [-0.05, 0) is 6.07 Å². The molecule has 0 radical (unpaired) electrons. The molecular weight excluding hydrogens is 266 g/mol. The molecule has 0 atom stereocenters. The van der Waals surface area contributed by atoms with Crippen molar-refractivity contribution in [1.82, 2.24) is 9.88 Å². The zero-order valence-electron chi connectivity index (χ0n) is 9.41. The molecular formula is C11H11ClF2N2O2. The van der Waals surface area contributed by atoms with Crippen LogP contribution < -0.4 is 0 Å². The first kappa shape index (κ1) is 13.2. The summed E-state index contributed by atoms with van der Waals surface area (Å²) in [4.78, 5) is 17.3. The van der Waals surface area contributed by atoms with Gasteiger partial charge in [0.1, 0.15) is 5.69 Å². The first-order chi connectivity index (χ1) is 8.59. The average Bonchev–Trinajstić information content (AvgIpc) is 2.38. The molecule has 0 bridgehead atoms. The van der Waals surface area contributed by atoms with Gasteiger partial charge in [-0.3, -0.25) is 4.79 Å². The molecule has 1 aromatic rings. The Balaban J connectivity index is 2.19. The SMILES string of the molecule is O=C(c1ncc(C(F)F)cc1Cl)N1CCOCC1. The monoisotopic (exact) mass is 276 g/mol. The Morgan fingerprint density at radius 3 is 2.67 bits per heavy atom. The highest BCUT2D eigenvalue weighted by Gasteiger charge is 2.22. The quantitative estimate of drug-likeness (QED) is 0.831. The van der Waals surface area contributed by atoms with E-state index in [1.807, 2.05) is 0 Å². The van der Waals surface area contributed by atoms with Crippen molar-refractivity contribution in [2.45, 2.75) is 6.43 Å². The number of aromatic nitrogens is 1. The summed E-state index contributed by atoms with van der Waals surface area (Å²) in [5.41, 5.74) is -0.290. The molecule has 0 aliphatic carbocycles. The van der Waals surface area contributed by atoms with E-state index in [4.69, 9.17) is 16.3 Å². The number of halogens is 3. The van der Waals surface area contributed by atoms with Crippen LogP contribution >= 0.6 is 11.6 Å². The van der Waals surface area contributed by atoms with E-state index in [1.54, 1.807) is 4.90 Å². The maximum absolute atomic E-state index is 12.4. The minimum Gasteiger partial charge on any atom is -0.378 e. The number of carbonyl (C=O) groups excluding carboxylic acids is 1. The molecule has 0 spiro atoms. The summed E-state index contributed by atoms with van der Waals surface area (Å²) >= 11 is 5.81. The Labute approximate surface area is 108 Å². The largest absolute Gasteiger partial charge is 0.378 e. The van der Waals surface area contributed by atoms with E-state index in [9.17, 15) is 13.6 Å². The summed E-state index contributed by atoms with van der Waals surface area (Å²) < 4.78 is 30.0. The highest BCUT2D eigenvalue weighted by Crippen LogP contribution is 2.24. The van der Waals surface area contributed by atoms with Crippen molar-refractivity contribution < 1.29 is 18.3 Å². The molecule has 18 heavy (non-hydrogen) atoms. The number of ether oxygens (including phenoxy) is 1. The summed E-state index contributed by atoms with van der Waals surface area (Å²) in [5.74, 6) is -0.357. The average molecular weight is 277 g/mol. The number of nitrogens with zero attached hydrogens (tertiary/aromatic N) is 2. The standard InChI is InChI=1S/C11H11ClF2N2O2/c12-8-5-7(10(13)14)6-15-9(8)11(17)16-1-3-18-4-2-16/h5-6,10H,1-4H2. The number of hydrogen-bond donors (Lipinski definition) is 0. The summed E-state index contributed by atoms with van der Waals surface area (Å²) in [5, 5.41) is -0.0516. The molecule has 1 saturated heterocycles. The van der Waals surface area contributed by atoms with E-state index >= 15 is 0 Å². The van der Waals surface area contributed by atoms with Gasteiger partial charge in [-0.15, -0.1) is 0 Å². The van der Waals surface area contributed by atoms with E-state index in [2.05, 4.69) is 4.98 Å². The van der Waals surface area contributed by atoms with Crippen LogP contribution in [0.25, 0.3) is 0 Å². The maximum Gasteiger partial charge on any atom is 0.274 e. The lowest BCUT2D eigenvalue weighted by Crippen LogP contribution is -2.41. The van der Waals surface area contributed by atoms with E-state index in [0.717, 1.165) is 12.3 Å². The lowest BCUT2D eigenvalue weighted by Gasteiger charge is -2.26. The van der Waals surface area contributed by atoms with Gasteiger partial charge in [-0.2, -0.15) is 0 Å². The lowest BCUT2D eigenvalue weighted by atomic mass is 10.2. The molecule has 1 amide bonds. The van der Waals surface area contributed by atoms with Crippen LogP contribution in [0.15, 0.2) is 12.3 Å². The van der Waals surface area contributed by atoms with Crippen LogP contribution in [-0.2, 0) is 4.74 Å². The van der Waals surface area contributed by atoms with E-state index in [-0.39, 0.29) is 22.2 Å². The van der Waals surface area contributed by atoms with Gasteiger partial charge in [0.25, 0.3) is 12.3 Å². The third-order valence-corrected chi connectivity index (χ3v) is 2.90. The van der Waals surface area contributed by atoms with Gasteiger partial charge >= 0.3 is 0 Å². The fourth-order valence-corrected chi connectivity index (χ4v) is 1.90. The first-order valence-electron chi connectivity index (χ1n) is 5.40. The fourth-order valence-electron chi connectivity index (χ4n) is 1.65. The second-order valence-corrected chi connectivity index (χ2v) is 4.21. The van der Waals surface area contributed by atoms with Crippen molar-refractivity contribution in [3.63, 3.8) is 0 Å². The molecule has 2 rings (SSSR count). The molecule has 0 N–H and O–H groups in total. The minimum absolute atomic E-state index is 0.00275. The van der Waals surface area contributed by atoms with Gasteiger partial charge in [-0.1, -0.05) is 11.6 Å². The molecule has 1 aliphatic rings. The smallest absolute Gasteiger partial charge is 0.274 e. The summed E-state index contributed by atoms with van der Waals surface area (Å²) in [6.07, 6.45) is -1.67. The molecule has 4 nitrogen and oxygen atoms in total. The van der Waals surface area contributed by atoms with Crippen LogP contribution in [0.2, 0.25) is 5.02 Å². The number of carbonyl (C=O) groups is 1. The Hall–Kier alpha value is -1.27. The van der Waals surface area contributed by atoms with Crippen molar-refractivity contribution in [1.29, 1.82) is 0 Å². The molecule has 98 valence electrons. The maximum atomic E-state index is 12.4. The van der Waals surface area contributed by atoms with E-state index in [1.165, 1.54) is 0 Å². The van der Waals surface area contributed by atoms with Gasteiger partial charge in [0.15, 0.2) is 0 Å². The van der Waals surface area contributed by atoms with Gasteiger partial charge in [0.2, 0.25) is 0 Å². The lowest BCUT2D eigenvalue weighted by molar-refractivity contribution is 0.0299. The van der Waals surface area contributed by atoms with Crippen LogP contribution in [0.3, 0.4) is 0 Å². The van der Waals surface area contributed by atoms with Crippen molar-refractivity contribution in [2.24, 2.45) is 0 Å². The predicted molar refractivity (Wildman–Crippen MR) is 60.9 cm³/mol. The van der Waals surface area contributed by atoms with Gasteiger partial charge in [-0.25, -0.2) is 13.8 Å². The minimum atomic E-state index is -2.65. The Morgan fingerprint density at radius 1 is 1.44 bits per heavy atom. The number of alkyl halides is 2. The van der Waals surface area contributed by atoms with Crippen molar-refractivity contribution in [2.75, 3.05) is 26.3 Å². The number of morpholine rings is 1. The molecule has 1 aliphatic heterocycles. The molecule has 0 saturated carbocycles. The van der Waals surface area contributed by atoms with Crippen molar-refractivity contribution >= 4 is 17.5 Å². The van der Waals surface area contributed by atoms with Crippen LogP contribution in [-0.4, -0.2) is 42.1 Å². The normalized spacial score (nSPS) is 16.1. The number of rotatable bonds is 2. The second kappa shape index (κ2) is 5.58. The molecule has 7 heteroatoms. The molecule has 1 aromatic heterocycles. The predicted octanol–water partition coefficient (Wildman–Crippen LogP) is 2.14. The van der Waals surface area contributed by atoms with E-state index in [0.29, 0.717) is 26.3 Å². The highest BCUT2D eigenvalue weighted by atomic mass is 35.5. The summed E-state index contributed by atoms with van der Waals surface area (Å²) in [7, 11) is 0. The van der Waals surface area contributed by atoms with Crippen LogP contribution in [0.1, 0.15) is 22.5 Å². The first-order valence-corrected chi connectivity index (χ1v) is 5.78. The third-order valence-electron chi connectivity index (χ3n) is 2.62. The number of amides is 1. The second-order valence-electron chi connectivity index (χ2n) is 3.80. The molecule has 0 aromatic carbocycles.